The molecule has 4 nitrogen and oxygen atoms in total. The molecule has 3 aromatic rings. The van der Waals surface area contributed by atoms with Crippen molar-refractivity contribution in [3.63, 3.8) is 0 Å². The van der Waals surface area contributed by atoms with E-state index in [9.17, 15) is 9.18 Å². The first-order valence-electron chi connectivity index (χ1n) is 10.2. The number of hydrogen-bond donors (Lipinski definition) is 1. The zero-order valence-electron chi connectivity index (χ0n) is 17.2. The third kappa shape index (κ3) is 6.36. The molecular formula is C24H27ClFN3O. The van der Waals surface area contributed by atoms with Gasteiger partial charge in [0.2, 0.25) is 0 Å². The van der Waals surface area contributed by atoms with Gasteiger partial charge >= 0.3 is 6.03 Å². The lowest BCUT2D eigenvalue weighted by molar-refractivity contribution is 0.206. The maximum Gasteiger partial charge on any atom is 0.322 e. The Morgan fingerprint density at radius 2 is 1.90 bits per heavy atom. The number of amides is 2. The van der Waals surface area contributed by atoms with Crippen molar-refractivity contribution in [2.45, 2.75) is 39.3 Å². The van der Waals surface area contributed by atoms with Crippen molar-refractivity contribution in [2.24, 2.45) is 0 Å². The van der Waals surface area contributed by atoms with E-state index in [4.69, 9.17) is 11.6 Å². The molecule has 2 aromatic carbocycles. The highest BCUT2D eigenvalue weighted by molar-refractivity contribution is 6.30. The molecule has 0 aliphatic carbocycles. The topological polar surface area (TPSA) is 37.3 Å². The Morgan fingerprint density at radius 3 is 2.63 bits per heavy atom. The number of nitrogens with zero attached hydrogens (tertiary/aromatic N) is 2. The van der Waals surface area contributed by atoms with Crippen LogP contribution in [0.25, 0.3) is 0 Å². The Balaban J connectivity index is 1.72. The van der Waals surface area contributed by atoms with E-state index in [-0.39, 0.29) is 11.8 Å². The fourth-order valence-electron chi connectivity index (χ4n) is 3.30. The van der Waals surface area contributed by atoms with Gasteiger partial charge in [-0.05, 0) is 54.4 Å². The molecule has 2 amide bonds. The first kappa shape index (κ1) is 21.9. The smallest absolute Gasteiger partial charge is 0.322 e. The molecule has 158 valence electrons. The molecule has 1 heterocycles. The molecular weight excluding hydrogens is 401 g/mol. The second-order valence-corrected chi connectivity index (χ2v) is 7.76. The number of anilines is 1. The van der Waals surface area contributed by atoms with E-state index in [0.717, 1.165) is 30.5 Å². The molecule has 0 unspecified atom stereocenters. The standard InChI is InChI=1S/C24H27ClFN3O/c1-2-3-4-14-29(24(30)27-22-8-5-7-20(25)16-22)18-23-9-6-15-28(23)17-19-10-12-21(26)13-11-19/h5-13,15-16H,2-4,14,17-18H2,1H3,(H,27,30). The fourth-order valence-corrected chi connectivity index (χ4v) is 3.49. The van der Waals surface area contributed by atoms with Gasteiger partial charge < -0.3 is 14.8 Å². The van der Waals surface area contributed by atoms with Gasteiger partial charge in [-0.3, -0.25) is 0 Å². The van der Waals surface area contributed by atoms with Crippen molar-refractivity contribution < 1.29 is 9.18 Å². The molecule has 0 saturated carbocycles. The minimum Gasteiger partial charge on any atom is -0.345 e. The maximum atomic E-state index is 13.2. The molecule has 0 fully saturated rings. The van der Waals surface area contributed by atoms with Gasteiger partial charge in [0.05, 0.1) is 6.54 Å². The van der Waals surface area contributed by atoms with Crippen molar-refractivity contribution in [2.75, 3.05) is 11.9 Å². The molecule has 1 N–H and O–H groups in total. The van der Waals surface area contributed by atoms with Crippen LogP contribution in [0.5, 0.6) is 0 Å². The van der Waals surface area contributed by atoms with Gasteiger partial charge in [-0.25, -0.2) is 9.18 Å². The molecule has 0 saturated heterocycles. The number of benzene rings is 2. The molecule has 3 rings (SSSR count). The average molecular weight is 428 g/mol. The summed E-state index contributed by atoms with van der Waals surface area (Å²) >= 11 is 6.04. The predicted molar refractivity (Wildman–Crippen MR) is 120 cm³/mol. The van der Waals surface area contributed by atoms with Crippen molar-refractivity contribution in [1.29, 1.82) is 0 Å². The summed E-state index contributed by atoms with van der Waals surface area (Å²) in [6.07, 6.45) is 5.08. The summed E-state index contributed by atoms with van der Waals surface area (Å²) in [6.45, 7) is 3.93. The van der Waals surface area contributed by atoms with Crippen LogP contribution in [0, 0.1) is 5.82 Å². The van der Waals surface area contributed by atoms with E-state index in [0.29, 0.717) is 30.3 Å². The van der Waals surface area contributed by atoms with E-state index in [1.807, 2.05) is 35.4 Å². The molecule has 0 aliphatic rings. The lowest BCUT2D eigenvalue weighted by Crippen LogP contribution is -2.36. The summed E-state index contributed by atoms with van der Waals surface area (Å²) in [5, 5.41) is 3.53. The average Bonchev–Trinajstić information content (AvgIpc) is 3.15. The van der Waals surface area contributed by atoms with Gasteiger partial charge in [0.1, 0.15) is 5.82 Å². The van der Waals surface area contributed by atoms with E-state index in [1.165, 1.54) is 12.1 Å². The lowest BCUT2D eigenvalue weighted by atomic mass is 10.2. The van der Waals surface area contributed by atoms with Crippen LogP contribution < -0.4 is 5.32 Å². The van der Waals surface area contributed by atoms with E-state index in [1.54, 1.807) is 24.3 Å². The van der Waals surface area contributed by atoms with E-state index in [2.05, 4.69) is 16.8 Å². The zero-order valence-corrected chi connectivity index (χ0v) is 17.9. The highest BCUT2D eigenvalue weighted by Crippen LogP contribution is 2.17. The number of unbranched alkanes of at least 4 members (excludes halogenated alkanes) is 2. The molecule has 6 heteroatoms. The van der Waals surface area contributed by atoms with Crippen LogP contribution in [0.1, 0.15) is 37.4 Å². The molecule has 0 atom stereocenters. The SMILES string of the molecule is CCCCCN(Cc1cccn1Cc1ccc(F)cc1)C(=O)Nc1cccc(Cl)c1. The molecule has 0 radical (unpaired) electrons. The number of rotatable bonds is 9. The van der Waals surface area contributed by atoms with E-state index >= 15 is 0 Å². The molecule has 0 bridgehead atoms. The van der Waals surface area contributed by atoms with Gasteiger partial charge in [0.25, 0.3) is 0 Å². The van der Waals surface area contributed by atoms with Gasteiger partial charge in [0.15, 0.2) is 0 Å². The summed E-state index contributed by atoms with van der Waals surface area (Å²) < 4.78 is 15.3. The third-order valence-corrected chi connectivity index (χ3v) is 5.17. The lowest BCUT2D eigenvalue weighted by Gasteiger charge is -2.24. The van der Waals surface area contributed by atoms with Crippen LogP contribution >= 0.6 is 11.6 Å². The van der Waals surface area contributed by atoms with Crippen LogP contribution in [0.2, 0.25) is 5.02 Å². The number of nitrogens with one attached hydrogen (secondary N) is 1. The molecule has 0 aliphatic heterocycles. The Kier molecular flexibility index (Phi) is 7.91. The fraction of sp³-hybridized carbons (Fsp3) is 0.292. The normalized spacial score (nSPS) is 10.8. The van der Waals surface area contributed by atoms with Crippen molar-refractivity contribution in [3.8, 4) is 0 Å². The van der Waals surface area contributed by atoms with Gasteiger partial charge in [-0.1, -0.05) is 49.6 Å². The largest absolute Gasteiger partial charge is 0.345 e. The summed E-state index contributed by atoms with van der Waals surface area (Å²) in [6, 6.07) is 17.5. The minimum absolute atomic E-state index is 0.150. The Bertz CT molecular complexity index is 955. The summed E-state index contributed by atoms with van der Waals surface area (Å²) in [7, 11) is 0. The quantitative estimate of drug-likeness (QED) is 0.386. The van der Waals surface area contributed by atoms with Crippen LogP contribution in [-0.2, 0) is 13.1 Å². The monoisotopic (exact) mass is 427 g/mol. The number of urea groups is 1. The van der Waals surface area contributed by atoms with Gasteiger partial charge in [-0.2, -0.15) is 0 Å². The molecule has 1 aromatic heterocycles. The van der Waals surface area contributed by atoms with Gasteiger partial charge in [0, 0.05) is 35.7 Å². The predicted octanol–water partition coefficient (Wildman–Crippen LogP) is 6.55. The van der Waals surface area contributed by atoms with Crippen molar-refractivity contribution >= 4 is 23.3 Å². The first-order valence-corrected chi connectivity index (χ1v) is 10.6. The summed E-state index contributed by atoms with van der Waals surface area (Å²) in [4.78, 5) is 14.8. The van der Waals surface area contributed by atoms with Crippen LogP contribution in [0.15, 0.2) is 66.9 Å². The Hall–Kier alpha value is -2.79. The van der Waals surface area contributed by atoms with Crippen molar-refractivity contribution in [1.82, 2.24) is 9.47 Å². The van der Waals surface area contributed by atoms with E-state index < -0.39 is 0 Å². The first-order chi connectivity index (χ1) is 14.5. The number of carbonyl (C=O) groups excluding carboxylic acids is 1. The number of aromatic nitrogens is 1. The summed E-state index contributed by atoms with van der Waals surface area (Å²) in [5.41, 5.74) is 2.71. The molecule has 0 spiro atoms. The van der Waals surface area contributed by atoms with Crippen LogP contribution in [0.3, 0.4) is 0 Å². The highest BCUT2D eigenvalue weighted by atomic mass is 35.5. The Morgan fingerprint density at radius 1 is 1.10 bits per heavy atom. The molecule has 30 heavy (non-hydrogen) atoms. The summed E-state index contributed by atoms with van der Waals surface area (Å²) in [5.74, 6) is -0.244. The second-order valence-electron chi connectivity index (χ2n) is 7.32. The number of hydrogen-bond acceptors (Lipinski definition) is 1. The number of carbonyl (C=O) groups is 1. The second kappa shape index (κ2) is 10.8. The van der Waals surface area contributed by atoms with Gasteiger partial charge in [-0.15, -0.1) is 0 Å². The minimum atomic E-state index is -0.244. The number of halogens is 2. The Labute approximate surface area is 182 Å². The highest BCUT2D eigenvalue weighted by Gasteiger charge is 2.16. The van der Waals surface area contributed by atoms with Crippen LogP contribution in [0.4, 0.5) is 14.9 Å². The zero-order chi connectivity index (χ0) is 21.3. The third-order valence-electron chi connectivity index (χ3n) is 4.94. The van der Waals surface area contributed by atoms with Crippen molar-refractivity contribution in [3.05, 3.63) is 89.0 Å². The maximum absolute atomic E-state index is 13.2. The van der Waals surface area contributed by atoms with Crippen LogP contribution in [-0.4, -0.2) is 22.0 Å².